The lowest BCUT2D eigenvalue weighted by molar-refractivity contribution is -0.138. The Labute approximate surface area is 214 Å². The molecule has 0 radical (unpaired) electrons. The fourth-order valence-corrected chi connectivity index (χ4v) is 7.07. The van der Waals surface area contributed by atoms with Crippen LogP contribution in [0, 0.1) is 5.92 Å². The largest absolute Gasteiger partial charge is 0.489 e. The van der Waals surface area contributed by atoms with Gasteiger partial charge in [0.2, 0.25) is 5.91 Å². The van der Waals surface area contributed by atoms with Crippen molar-refractivity contribution >= 4 is 49.9 Å². The number of amides is 1. The number of benzene rings is 1. The van der Waals surface area contributed by atoms with E-state index in [1.165, 1.54) is 10.4 Å². The Morgan fingerprint density at radius 1 is 1.19 bits per heavy atom. The molecule has 1 fully saturated rings. The SMILES string of the molecule is CC(C)Oc1cc2[nH]ncc2cc1Nc1ncnc2sc3c(c12)CCC(C(=O)N1[C@H](C)CC[C@H]1C)C3. The average molecular weight is 505 g/mol. The molecule has 3 aromatic heterocycles. The molecule has 9 heteroatoms. The van der Waals surface area contributed by atoms with Gasteiger partial charge in [-0.05, 0) is 71.4 Å². The molecule has 2 N–H and O–H groups in total. The fraction of sp³-hybridized carbons (Fsp3) is 0.481. The van der Waals surface area contributed by atoms with Crippen molar-refractivity contribution in [1.82, 2.24) is 25.1 Å². The standard InChI is InChI=1S/C27H32N6O2S/c1-14(2)35-22-11-20-18(12-30-32-20)9-21(22)31-25-24-19-8-7-17(10-23(19)36-26(24)29-13-28-25)27(34)33-15(3)5-6-16(33)4/h9,11-17H,5-8,10H2,1-4H3,(H,30,32)(H,28,29,31)/t15-,16-,17?/m1/s1. The summed E-state index contributed by atoms with van der Waals surface area (Å²) in [4.78, 5) is 27.0. The summed E-state index contributed by atoms with van der Waals surface area (Å²) < 4.78 is 6.11. The van der Waals surface area contributed by atoms with Crippen LogP contribution in [-0.2, 0) is 17.6 Å². The van der Waals surface area contributed by atoms with E-state index in [1.807, 2.05) is 26.0 Å². The number of carbonyl (C=O) groups excluding carboxylic acids is 1. The molecular formula is C27H32N6O2S. The highest BCUT2D eigenvalue weighted by molar-refractivity contribution is 7.19. The topological polar surface area (TPSA) is 96.0 Å². The summed E-state index contributed by atoms with van der Waals surface area (Å²) in [5.74, 6) is 1.90. The lowest BCUT2D eigenvalue weighted by Crippen LogP contribution is -2.43. The zero-order chi connectivity index (χ0) is 25.0. The summed E-state index contributed by atoms with van der Waals surface area (Å²) in [7, 11) is 0. The van der Waals surface area contributed by atoms with E-state index >= 15 is 0 Å². The number of hydrogen-bond donors (Lipinski definition) is 2. The Hall–Kier alpha value is -3.20. The molecule has 0 bridgehead atoms. The van der Waals surface area contributed by atoms with Crippen LogP contribution < -0.4 is 10.1 Å². The smallest absolute Gasteiger partial charge is 0.226 e. The third-order valence-electron chi connectivity index (χ3n) is 7.56. The highest BCUT2D eigenvalue weighted by atomic mass is 32.1. The number of thiophene rings is 1. The Balaban J connectivity index is 1.33. The monoisotopic (exact) mass is 504 g/mol. The number of ether oxygens (including phenoxy) is 1. The first-order valence-corrected chi connectivity index (χ1v) is 13.7. The van der Waals surface area contributed by atoms with Crippen LogP contribution >= 0.6 is 11.3 Å². The van der Waals surface area contributed by atoms with Gasteiger partial charge in [0.25, 0.3) is 0 Å². The highest BCUT2D eigenvalue weighted by Gasteiger charge is 2.37. The van der Waals surface area contributed by atoms with Crippen LogP contribution in [0.3, 0.4) is 0 Å². The minimum atomic E-state index is 0.0285. The zero-order valence-electron chi connectivity index (χ0n) is 21.2. The van der Waals surface area contributed by atoms with Gasteiger partial charge < -0.3 is 15.0 Å². The van der Waals surface area contributed by atoms with Crippen molar-refractivity contribution in [3.63, 3.8) is 0 Å². The number of aromatic amines is 1. The van der Waals surface area contributed by atoms with Crippen molar-refractivity contribution < 1.29 is 9.53 Å². The van der Waals surface area contributed by atoms with Gasteiger partial charge in [0, 0.05) is 34.3 Å². The molecule has 2 aliphatic rings. The van der Waals surface area contributed by atoms with Crippen molar-refractivity contribution in [2.24, 2.45) is 5.92 Å². The third kappa shape index (κ3) is 3.99. The first-order chi connectivity index (χ1) is 17.4. The first kappa shape index (κ1) is 23.2. The van der Waals surface area contributed by atoms with Gasteiger partial charge in [0.15, 0.2) is 0 Å². The van der Waals surface area contributed by atoms with Crippen LogP contribution in [0.15, 0.2) is 24.7 Å². The van der Waals surface area contributed by atoms with E-state index in [-0.39, 0.29) is 12.0 Å². The van der Waals surface area contributed by atoms with E-state index in [0.29, 0.717) is 18.0 Å². The van der Waals surface area contributed by atoms with Crippen LogP contribution in [0.1, 0.15) is 57.4 Å². The molecule has 188 valence electrons. The molecule has 1 saturated heterocycles. The number of anilines is 2. The van der Waals surface area contributed by atoms with E-state index < -0.39 is 0 Å². The normalized spacial score (nSPS) is 21.9. The molecule has 36 heavy (non-hydrogen) atoms. The molecule has 1 amide bonds. The molecule has 1 aliphatic heterocycles. The average Bonchev–Trinajstić information content (AvgIpc) is 3.54. The molecule has 0 saturated carbocycles. The molecule has 6 rings (SSSR count). The van der Waals surface area contributed by atoms with Gasteiger partial charge in [-0.3, -0.25) is 9.89 Å². The van der Waals surface area contributed by atoms with Crippen LogP contribution in [-0.4, -0.2) is 49.2 Å². The fourth-order valence-electron chi connectivity index (χ4n) is 5.80. The van der Waals surface area contributed by atoms with Gasteiger partial charge in [-0.25, -0.2) is 9.97 Å². The second-order valence-electron chi connectivity index (χ2n) is 10.5. The van der Waals surface area contributed by atoms with E-state index in [4.69, 9.17) is 4.74 Å². The summed E-state index contributed by atoms with van der Waals surface area (Å²) in [5.41, 5.74) is 3.05. The Bertz CT molecular complexity index is 1430. The first-order valence-electron chi connectivity index (χ1n) is 12.9. The minimum absolute atomic E-state index is 0.0285. The number of hydrogen-bond acceptors (Lipinski definition) is 7. The molecular weight excluding hydrogens is 472 g/mol. The number of nitrogens with zero attached hydrogens (tertiary/aromatic N) is 4. The molecule has 1 aliphatic carbocycles. The number of rotatable bonds is 5. The maximum Gasteiger partial charge on any atom is 0.226 e. The number of carbonyl (C=O) groups is 1. The van der Waals surface area contributed by atoms with Crippen LogP contribution in [0.25, 0.3) is 21.1 Å². The highest BCUT2D eigenvalue weighted by Crippen LogP contribution is 2.42. The van der Waals surface area contributed by atoms with E-state index in [0.717, 1.165) is 70.5 Å². The van der Waals surface area contributed by atoms with Gasteiger partial charge in [-0.15, -0.1) is 11.3 Å². The summed E-state index contributed by atoms with van der Waals surface area (Å²) >= 11 is 1.70. The molecule has 0 spiro atoms. The zero-order valence-corrected chi connectivity index (χ0v) is 22.0. The second kappa shape index (κ2) is 9.03. The number of fused-ring (bicyclic) bond motifs is 4. The van der Waals surface area contributed by atoms with Crippen molar-refractivity contribution in [1.29, 1.82) is 0 Å². The third-order valence-corrected chi connectivity index (χ3v) is 8.72. The maximum atomic E-state index is 13.4. The maximum absolute atomic E-state index is 13.4. The van der Waals surface area contributed by atoms with E-state index in [2.05, 4.69) is 44.2 Å². The Kier molecular flexibility index (Phi) is 5.82. The summed E-state index contributed by atoms with van der Waals surface area (Å²) in [5, 5.41) is 12.8. The molecule has 1 aromatic carbocycles. The predicted octanol–water partition coefficient (Wildman–Crippen LogP) is 5.60. The van der Waals surface area contributed by atoms with Crippen molar-refractivity contribution in [3.8, 4) is 5.75 Å². The second-order valence-corrected chi connectivity index (χ2v) is 11.5. The lowest BCUT2D eigenvalue weighted by atomic mass is 9.86. The number of H-pyrrole nitrogens is 1. The minimum Gasteiger partial charge on any atom is -0.489 e. The van der Waals surface area contributed by atoms with Gasteiger partial charge in [0.05, 0.1) is 28.9 Å². The summed E-state index contributed by atoms with van der Waals surface area (Å²) in [6.45, 7) is 8.39. The molecule has 1 unspecified atom stereocenters. The quantitative estimate of drug-likeness (QED) is 0.367. The molecule has 4 heterocycles. The van der Waals surface area contributed by atoms with Crippen molar-refractivity contribution in [3.05, 3.63) is 35.1 Å². The Morgan fingerprint density at radius 2 is 2.00 bits per heavy atom. The van der Waals surface area contributed by atoms with Crippen molar-refractivity contribution in [2.45, 2.75) is 78.0 Å². The van der Waals surface area contributed by atoms with Gasteiger partial charge in [0.1, 0.15) is 22.7 Å². The van der Waals surface area contributed by atoms with Gasteiger partial charge in [-0.2, -0.15) is 5.10 Å². The van der Waals surface area contributed by atoms with E-state index in [9.17, 15) is 4.79 Å². The number of aryl methyl sites for hydroxylation is 1. The van der Waals surface area contributed by atoms with E-state index in [1.54, 1.807) is 23.9 Å². The van der Waals surface area contributed by atoms with Crippen LogP contribution in [0.5, 0.6) is 5.75 Å². The molecule has 8 nitrogen and oxygen atoms in total. The van der Waals surface area contributed by atoms with Crippen LogP contribution in [0.2, 0.25) is 0 Å². The van der Waals surface area contributed by atoms with Gasteiger partial charge in [-0.1, -0.05) is 0 Å². The van der Waals surface area contributed by atoms with Crippen LogP contribution in [0.4, 0.5) is 11.5 Å². The summed E-state index contributed by atoms with van der Waals surface area (Å²) in [6.07, 6.45) is 8.17. The van der Waals surface area contributed by atoms with Crippen molar-refractivity contribution in [2.75, 3.05) is 5.32 Å². The molecule has 3 atom stereocenters. The summed E-state index contributed by atoms with van der Waals surface area (Å²) in [6, 6.07) is 4.69. The lowest BCUT2D eigenvalue weighted by Gasteiger charge is -2.32. The number of nitrogens with one attached hydrogen (secondary N) is 2. The van der Waals surface area contributed by atoms with Gasteiger partial charge >= 0.3 is 0 Å². The molecule has 4 aromatic rings. The number of aromatic nitrogens is 4. The predicted molar refractivity (Wildman–Crippen MR) is 143 cm³/mol. The number of likely N-dealkylation sites (tertiary alicyclic amines) is 1. The Morgan fingerprint density at radius 3 is 2.78 bits per heavy atom.